The van der Waals surface area contributed by atoms with Crippen LogP contribution in [0.3, 0.4) is 0 Å². The third kappa shape index (κ3) is 20.0. The summed E-state index contributed by atoms with van der Waals surface area (Å²) >= 11 is 0. The summed E-state index contributed by atoms with van der Waals surface area (Å²) in [4.78, 5) is 35.4. The van der Waals surface area contributed by atoms with E-state index in [0.29, 0.717) is 12.8 Å². The molecule has 0 aliphatic heterocycles. The van der Waals surface area contributed by atoms with E-state index in [1.54, 1.807) is 0 Å². The van der Waals surface area contributed by atoms with Crippen LogP contribution in [-0.2, 0) is 19.1 Å². The van der Waals surface area contributed by atoms with Gasteiger partial charge in [0.05, 0.1) is 0 Å². The lowest BCUT2D eigenvalue weighted by Gasteiger charge is -2.17. The number of carbonyl (C=O) groups excluding carboxylic acids is 2. The van der Waals surface area contributed by atoms with Crippen molar-refractivity contribution in [1.29, 1.82) is 0 Å². The van der Waals surface area contributed by atoms with E-state index in [2.05, 4.69) is 6.92 Å². The number of aliphatic carboxylic acids is 1. The number of rotatable bonds is 25. The average Bonchev–Trinajstić information content (AvgIpc) is 2.82. The summed E-state index contributed by atoms with van der Waals surface area (Å²) in [6.07, 6.45) is 21.1. The SMILES string of the molecule is CCCCCCCCCCCCCCCCCC(=O)C(CCCC)OC(=O)CC[C@H](N)C(=O)O. The van der Waals surface area contributed by atoms with E-state index in [4.69, 9.17) is 15.6 Å². The maximum Gasteiger partial charge on any atom is 0.320 e. The molecule has 0 radical (unpaired) electrons. The normalized spacial score (nSPS) is 12.9. The Hall–Kier alpha value is -1.43. The van der Waals surface area contributed by atoms with Crippen LogP contribution in [0.15, 0.2) is 0 Å². The van der Waals surface area contributed by atoms with Gasteiger partial charge in [-0.2, -0.15) is 0 Å². The Bertz CT molecular complexity index is 523. The summed E-state index contributed by atoms with van der Waals surface area (Å²) in [5, 5.41) is 8.81. The summed E-state index contributed by atoms with van der Waals surface area (Å²) in [7, 11) is 0. The lowest BCUT2D eigenvalue weighted by Crippen LogP contribution is -2.32. The third-order valence-corrected chi connectivity index (χ3v) is 6.46. The fourth-order valence-electron chi connectivity index (χ4n) is 4.12. The number of nitrogens with two attached hydrogens (primary N) is 1. The van der Waals surface area contributed by atoms with Gasteiger partial charge < -0.3 is 15.6 Å². The van der Waals surface area contributed by atoms with Crippen LogP contribution in [0.5, 0.6) is 0 Å². The molecule has 2 atom stereocenters. The molecule has 0 aromatic rings. The van der Waals surface area contributed by atoms with Gasteiger partial charge in [-0.3, -0.25) is 14.4 Å². The predicted molar refractivity (Wildman–Crippen MR) is 139 cm³/mol. The highest BCUT2D eigenvalue weighted by molar-refractivity contribution is 5.85. The second kappa shape index (κ2) is 23.3. The van der Waals surface area contributed by atoms with E-state index >= 15 is 0 Å². The summed E-state index contributed by atoms with van der Waals surface area (Å²) < 4.78 is 5.38. The molecule has 0 aromatic carbocycles. The molecule has 6 nitrogen and oxygen atoms in total. The van der Waals surface area contributed by atoms with Gasteiger partial charge in [0.2, 0.25) is 0 Å². The van der Waals surface area contributed by atoms with E-state index in [1.165, 1.54) is 77.0 Å². The smallest absolute Gasteiger partial charge is 0.320 e. The van der Waals surface area contributed by atoms with Crippen LogP contribution in [-0.4, -0.2) is 35.0 Å². The lowest BCUT2D eigenvalue weighted by atomic mass is 10.0. The largest absolute Gasteiger partial charge is 0.480 e. The molecular weight excluding hydrogens is 430 g/mol. The molecule has 0 fully saturated rings. The van der Waals surface area contributed by atoms with Crippen LogP contribution in [0.4, 0.5) is 0 Å². The van der Waals surface area contributed by atoms with Crippen LogP contribution >= 0.6 is 0 Å². The number of unbranched alkanes of at least 4 members (excludes halogenated alkanes) is 15. The zero-order chi connectivity index (χ0) is 25.4. The topological polar surface area (TPSA) is 107 Å². The van der Waals surface area contributed by atoms with Crippen molar-refractivity contribution in [3.05, 3.63) is 0 Å². The quantitative estimate of drug-likeness (QED) is 0.106. The fourth-order valence-corrected chi connectivity index (χ4v) is 4.12. The van der Waals surface area contributed by atoms with Gasteiger partial charge in [0.1, 0.15) is 6.04 Å². The minimum Gasteiger partial charge on any atom is -0.480 e. The van der Waals surface area contributed by atoms with Gasteiger partial charge in [0.25, 0.3) is 0 Å². The first-order chi connectivity index (χ1) is 16.4. The molecule has 0 rings (SSSR count). The Morgan fingerprint density at radius 1 is 0.647 bits per heavy atom. The zero-order valence-corrected chi connectivity index (χ0v) is 22.2. The Morgan fingerprint density at radius 3 is 1.53 bits per heavy atom. The Labute approximate surface area is 208 Å². The Morgan fingerprint density at radius 2 is 1.09 bits per heavy atom. The highest BCUT2D eigenvalue weighted by Gasteiger charge is 2.23. The monoisotopic (exact) mass is 483 g/mol. The molecule has 0 saturated carbocycles. The van der Waals surface area contributed by atoms with E-state index in [1.807, 2.05) is 6.92 Å². The summed E-state index contributed by atoms with van der Waals surface area (Å²) in [5.41, 5.74) is 5.43. The minimum atomic E-state index is -1.14. The first-order valence-corrected chi connectivity index (χ1v) is 14.1. The third-order valence-electron chi connectivity index (χ3n) is 6.46. The van der Waals surface area contributed by atoms with Gasteiger partial charge in [-0.1, -0.05) is 110 Å². The number of carboxylic acids is 1. The van der Waals surface area contributed by atoms with Crippen molar-refractivity contribution >= 4 is 17.7 Å². The van der Waals surface area contributed by atoms with Crippen molar-refractivity contribution < 1.29 is 24.2 Å². The Balaban J connectivity index is 3.83. The first-order valence-electron chi connectivity index (χ1n) is 14.1. The lowest BCUT2D eigenvalue weighted by molar-refractivity contribution is -0.156. The number of ketones is 1. The summed E-state index contributed by atoms with van der Waals surface area (Å²) in [5.74, 6) is -1.69. The van der Waals surface area contributed by atoms with Crippen LogP contribution in [0.25, 0.3) is 0 Å². The predicted octanol–water partition coefficient (Wildman–Crippen LogP) is 7.11. The summed E-state index contributed by atoms with van der Waals surface area (Å²) in [6.45, 7) is 4.29. The van der Waals surface area contributed by atoms with Crippen molar-refractivity contribution in [3.8, 4) is 0 Å². The van der Waals surface area contributed by atoms with Crippen LogP contribution in [0.1, 0.15) is 149 Å². The molecule has 0 spiro atoms. The molecule has 0 amide bonds. The molecule has 0 saturated heterocycles. The molecule has 0 aliphatic rings. The standard InChI is InChI=1S/C28H53NO5/c1-3-5-7-8-9-10-11-12-13-14-15-16-17-18-19-20-25(30)26(21-6-4-2)34-27(31)23-22-24(29)28(32)33/h24,26H,3-23,29H2,1-2H3,(H,32,33)/t24-,26?/m0/s1. The van der Waals surface area contributed by atoms with E-state index < -0.39 is 24.1 Å². The maximum atomic E-state index is 12.6. The number of carbonyl (C=O) groups is 3. The highest BCUT2D eigenvalue weighted by atomic mass is 16.5. The van der Waals surface area contributed by atoms with Gasteiger partial charge in [-0.25, -0.2) is 0 Å². The molecular formula is C28H53NO5. The fraction of sp³-hybridized carbons (Fsp3) is 0.893. The van der Waals surface area contributed by atoms with Crippen molar-refractivity contribution in [1.82, 2.24) is 0 Å². The molecule has 0 aliphatic carbocycles. The van der Waals surface area contributed by atoms with E-state index in [-0.39, 0.29) is 18.6 Å². The molecule has 0 aromatic heterocycles. The second-order valence-corrected chi connectivity index (χ2v) is 9.77. The van der Waals surface area contributed by atoms with Crippen molar-refractivity contribution in [2.24, 2.45) is 5.73 Å². The van der Waals surface area contributed by atoms with Gasteiger partial charge in [-0.15, -0.1) is 0 Å². The highest BCUT2D eigenvalue weighted by Crippen LogP contribution is 2.16. The van der Waals surface area contributed by atoms with Gasteiger partial charge >= 0.3 is 11.9 Å². The zero-order valence-electron chi connectivity index (χ0n) is 22.2. The number of carboxylic acid groups (broad SMARTS) is 1. The van der Waals surface area contributed by atoms with Gasteiger partial charge in [-0.05, 0) is 25.7 Å². The van der Waals surface area contributed by atoms with E-state index in [0.717, 1.165) is 32.1 Å². The number of ether oxygens (including phenoxy) is 1. The average molecular weight is 484 g/mol. The molecule has 34 heavy (non-hydrogen) atoms. The maximum absolute atomic E-state index is 12.6. The van der Waals surface area contributed by atoms with Crippen molar-refractivity contribution in [3.63, 3.8) is 0 Å². The van der Waals surface area contributed by atoms with E-state index in [9.17, 15) is 14.4 Å². The van der Waals surface area contributed by atoms with Crippen LogP contribution in [0, 0.1) is 0 Å². The first kappa shape index (κ1) is 32.6. The molecule has 0 heterocycles. The van der Waals surface area contributed by atoms with Crippen LogP contribution < -0.4 is 5.73 Å². The second-order valence-electron chi connectivity index (χ2n) is 9.77. The Kier molecular flexibility index (Phi) is 22.3. The van der Waals surface area contributed by atoms with Gasteiger partial charge in [0.15, 0.2) is 11.9 Å². The van der Waals surface area contributed by atoms with Crippen LogP contribution in [0.2, 0.25) is 0 Å². The molecule has 0 bridgehead atoms. The summed E-state index contributed by atoms with van der Waals surface area (Å²) in [6, 6.07) is -1.09. The number of hydrogen-bond acceptors (Lipinski definition) is 5. The number of hydrogen-bond donors (Lipinski definition) is 2. The van der Waals surface area contributed by atoms with Crippen molar-refractivity contribution in [2.45, 2.75) is 161 Å². The molecule has 6 heteroatoms. The minimum absolute atomic E-state index is 0.0148. The molecule has 200 valence electrons. The molecule has 1 unspecified atom stereocenters. The number of esters is 1. The molecule has 3 N–H and O–H groups in total. The van der Waals surface area contributed by atoms with Crippen molar-refractivity contribution in [2.75, 3.05) is 0 Å². The number of Topliss-reactive ketones (excluding diaryl/α,β-unsaturated/α-hetero) is 1. The van der Waals surface area contributed by atoms with Gasteiger partial charge in [0, 0.05) is 12.8 Å².